The fourth-order valence-corrected chi connectivity index (χ4v) is 4.43. The Bertz CT molecular complexity index is 826. The number of carbonyl (C=O) groups is 3. The number of amides is 3. The van der Waals surface area contributed by atoms with Gasteiger partial charge in [-0.3, -0.25) is 14.4 Å². The summed E-state index contributed by atoms with van der Waals surface area (Å²) in [5.41, 5.74) is 6.81. The Kier molecular flexibility index (Phi) is 6.80. The van der Waals surface area contributed by atoms with Crippen molar-refractivity contribution in [2.75, 3.05) is 6.54 Å². The molecule has 1 fully saturated rings. The molecule has 1 aliphatic heterocycles. The quantitative estimate of drug-likeness (QED) is 0.637. The predicted molar refractivity (Wildman–Crippen MR) is 113 cm³/mol. The van der Waals surface area contributed by atoms with Crippen LogP contribution in [-0.4, -0.2) is 46.4 Å². The van der Waals surface area contributed by atoms with Crippen molar-refractivity contribution in [3.63, 3.8) is 0 Å². The van der Waals surface area contributed by atoms with Crippen LogP contribution < -0.4 is 11.1 Å². The van der Waals surface area contributed by atoms with E-state index in [0.29, 0.717) is 12.3 Å². The van der Waals surface area contributed by atoms with Gasteiger partial charge in [0.15, 0.2) is 5.76 Å². The fraction of sp³-hybridized carbons (Fsp3) is 0.522. The van der Waals surface area contributed by atoms with E-state index >= 15 is 0 Å². The largest absolute Gasteiger partial charge is 0.503 e. The highest BCUT2D eigenvalue weighted by Crippen LogP contribution is 2.33. The highest BCUT2D eigenvalue weighted by Gasteiger charge is 2.40. The van der Waals surface area contributed by atoms with Crippen LogP contribution in [0.4, 0.5) is 0 Å². The maximum Gasteiger partial charge on any atom is 0.290 e. The monoisotopic (exact) mass is 413 g/mol. The van der Waals surface area contributed by atoms with Gasteiger partial charge in [0.05, 0.1) is 12.1 Å². The molecule has 30 heavy (non-hydrogen) atoms. The molecule has 1 aliphatic carbocycles. The van der Waals surface area contributed by atoms with Gasteiger partial charge in [-0.1, -0.05) is 44.2 Å². The van der Waals surface area contributed by atoms with Crippen molar-refractivity contribution in [2.24, 2.45) is 11.7 Å². The average Bonchev–Trinajstić information content (AvgIpc) is 3.02. The lowest BCUT2D eigenvalue weighted by Gasteiger charge is -2.30. The second-order valence-corrected chi connectivity index (χ2v) is 8.74. The lowest BCUT2D eigenvalue weighted by molar-refractivity contribution is -0.136. The number of nitrogens with zero attached hydrogens (tertiary/aromatic N) is 1. The number of hydrogen-bond donors (Lipinski definition) is 3. The third-order valence-electron chi connectivity index (χ3n) is 6.08. The van der Waals surface area contributed by atoms with Crippen molar-refractivity contribution in [3.8, 4) is 0 Å². The van der Waals surface area contributed by atoms with Gasteiger partial charge in [0, 0.05) is 6.04 Å². The number of aliphatic hydroxyl groups is 1. The summed E-state index contributed by atoms with van der Waals surface area (Å²) in [5, 5.41) is 13.2. The normalized spacial score (nSPS) is 23.0. The molecular formula is C23H31N3O4. The van der Waals surface area contributed by atoms with Crippen LogP contribution in [-0.2, 0) is 14.4 Å². The Balaban J connectivity index is 1.59. The molecule has 1 heterocycles. The minimum atomic E-state index is -0.841. The minimum absolute atomic E-state index is 0.00418. The lowest BCUT2D eigenvalue weighted by atomic mass is 9.82. The van der Waals surface area contributed by atoms with E-state index in [9.17, 15) is 19.5 Å². The molecule has 1 aromatic carbocycles. The van der Waals surface area contributed by atoms with Gasteiger partial charge in [0.2, 0.25) is 5.91 Å². The SMILES string of the molecule is CC(C)C[C@H](C(N)=O)N1CC(C(=O)N[C@H]2CC[C@@H](c3ccccc3)CC2)=C(O)C1=O. The molecule has 0 spiro atoms. The van der Waals surface area contributed by atoms with Gasteiger partial charge >= 0.3 is 0 Å². The van der Waals surface area contributed by atoms with Crippen LogP contribution in [0.25, 0.3) is 0 Å². The first-order chi connectivity index (χ1) is 14.3. The number of rotatable bonds is 7. The maximum atomic E-state index is 12.8. The summed E-state index contributed by atoms with van der Waals surface area (Å²) in [5.74, 6) is -1.75. The molecule has 1 saturated carbocycles. The number of nitrogens with one attached hydrogen (secondary N) is 1. The molecule has 7 heteroatoms. The zero-order valence-electron chi connectivity index (χ0n) is 17.6. The second-order valence-electron chi connectivity index (χ2n) is 8.74. The summed E-state index contributed by atoms with van der Waals surface area (Å²) in [6.45, 7) is 3.74. The lowest BCUT2D eigenvalue weighted by Crippen LogP contribution is -2.47. The molecule has 1 atom stereocenters. The van der Waals surface area contributed by atoms with E-state index in [1.165, 1.54) is 10.5 Å². The van der Waals surface area contributed by atoms with Crippen molar-refractivity contribution in [1.29, 1.82) is 0 Å². The Labute approximate surface area is 177 Å². The first kappa shape index (κ1) is 21.9. The number of benzene rings is 1. The molecule has 7 nitrogen and oxygen atoms in total. The average molecular weight is 414 g/mol. The van der Waals surface area contributed by atoms with E-state index in [0.717, 1.165) is 25.7 Å². The molecule has 4 N–H and O–H groups in total. The van der Waals surface area contributed by atoms with Crippen molar-refractivity contribution in [1.82, 2.24) is 10.2 Å². The number of hydrogen-bond acceptors (Lipinski definition) is 4. The summed E-state index contributed by atoms with van der Waals surface area (Å²) in [4.78, 5) is 38.3. The van der Waals surface area contributed by atoms with Crippen LogP contribution in [0.15, 0.2) is 41.7 Å². The van der Waals surface area contributed by atoms with Crippen LogP contribution in [0, 0.1) is 5.92 Å². The van der Waals surface area contributed by atoms with Crippen molar-refractivity contribution in [3.05, 3.63) is 47.2 Å². The molecule has 1 aromatic rings. The van der Waals surface area contributed by atoms with Crippen LogP contribution in [0.2, 0.25) is 0 Å². The predicted octanol–water partition coefficient (Wildman–Crippen LogP) is 2.38. The van der Waals surface area contributed by atoms with Gasteiger partial charge in [0.1, 0.15) is 6.04 Å². The maximum absolute atomic E-state index is 12.8. The fourth-order valence-electron chi connectivity index (χ4n) is 4.43. The Morgan fingerprint density at radius 2 is 1.80 bits per heavy atom. The Hall–Kier alpha value is -2.83. The molecule has 162 valence electrons. The van der Waals surface area contributed by atoms with Gasteiger partial charge in [-0.15, -0.1) is 0 Å². The smallest absolute Gasteiger partial charge is 0.290 e. The Morgan fingerprint density at radius 1 is 1.17 bits per heavy atom. The summed E-state index contributed by atoms with van der Waals surface area (Å²) < 4.78 is 0. The Morgan fingerprint density at radius 3 is 2.37 bits per heavy atom. The van der Waals surface area contributed by atoms with Gasteiger partial charge in [-0.25, -0.2) is 0 Å². The number of primary amides is 1. The number of carbonyl (C=O) groups excluding carboxylic acids is 3. The van der Waals surface area contributed by atoms with Crippen LogP contribution >= 0.6 is 0 Å². The molecule has 0 bridgehead atoms. The first-order valence-corrected chi connectivity index (χ1v) is 10.7. The first-order valence-electron chi connectivity index (χ1n) is 10.7. The van der Waals surface area contributed by atoms with Crippen LogP contribution in [0.3, 0.4) is 0 Å². The minimum Gasteiger partial charge on any atom is -0.503 e. The van der Waals surface area contributed by atoms with E-state index in [2.05, 4.69) is 17.4 Å². The van der Waals surface area contributed by atoms with E-state index in [4.69, 9.17) is 5.73 Å². The zero-order chi connectivity index (χ0) is 21.8. The molecule has 3 amide bonds. The summed E-state index contributed by atoms with van der Waals surface area (Å²) in [7, 11) is 0. The standard InChI is InChI=1S/C23H31N3O4/c1-14(2)12-19(21(24)28)26-13-18(20(27)23(26)30)22(29)25-17-10-8-16(9-11-17)15-6-4-3-5-7-15/h3-7,14,16-17,19,27H,8-13H2,1-2H3,(H2,24,28)(H,25,29)/t16-,17+,19-/m1/s1. The molecule has 0 saturated heterocycles. The second kappa shape index (κ2) is 9.32. The summed E-state index contributed by atoms with van der Waals surface area (Å²) in [6.07, 6.45) is 4.02. The molecule has 0 aromatic heterocycles. The summed E-state index contributed by atoms with van der Waals surface area (Å²) in [6, 6.07) is 9.52. The summed E-state index contributed by atoms with van der Waals surface area (Å²) >= 11 is 0. The highest BCUT2D eigenvalue weighted by molar-refractivity contribution is 6.08. The van der Waals surface area contributed by atoms with E-state index in [1.807, 2.05) is 32.0 Å². The zero-order valence-corrected chi connectivity index (χ0v) is 17.6. The van der Waals surface area contributed by atoms with Gasteiger partial charge in [-0.05, 0) is 49.5 Å². The van der Waals surface area contributed by atoms with Crippen molar-refractivity contribution >= 4 is 17.7 Å². The topological polar surface area (TPSA) is 113 Å². The van der Waals surface area contributed by atoms with Crippen molar-refractivity contribution < 1.29 is 19.5 Å². The molecule has 0 unspecified atom stereocenters. The number of nitrogens with two attached hydrogens (primary N) is 1. The highest BCUT2D eigenvalue weighted by atomic mass is 16.3. The molecule has 3 rings (SSSR count). The van der Waals surface area contributed by atoms with Crippen LogP contribution in [0.5, 0.6) is 0 Å². The van der Waals surface area contributed by atoms with Gasteiger partial charge < -0.3 is 21.1 Å². The van der Waals surface area contributed by atoms with E-state index in [-0.39, 0.29) is 24.1 Å². The number of aliphatic hydroxyl groups excluding tert-OH is 1. The molecule has 0 radical (unpaired) electrons. The van der Waals surface area contributed by atoms with Crippen molar-refractivity contribution in [2.45, 2.75) is 64.0 Å². The molecular weight excluding hydrogens is 382 g/mol. The van der Waals surface area contributed by atoms with Crippen LogP contribution in [0.1, 0.15) is 57.4 Å². The van der Waals surface area contributed by atoms with E-state index < -0.39 is 29.5 Å². The van der Waals surface area contributed by atoms with E-state index in [1.54, 1.807) is 0 Å². The molecule has 2 aliphatic rings. The van der Waals surface area contributed by atoms with Gasteiger partial charge in [-0.2, -0.15) is 0 Å². The third-order valence-corrected chi connectivity index (χ3v) is 6.08. The van der Waals surface area contributed by atoms with Gasteiger partial charge in [0.25, 0.3) is 11.8 Å². The third kappa shape index (κ3) is 4.83.